The Hall–Kier alpha value is -1.40. The lowest BCUT2D eigenvalue weighted by molar-refractivity contribution is -0.137. The van der Waals surface area contributed by atoms with Crippen molar-refractivity contribution in [3.63, 3.8) is 0 Å². The summed E-state index contributed by atoms with van der Waals surface area (Å²) in [4.78, 5) is 24.7. The molecule has 1 aromatic heterocycles. The predicted molar refractivity (Wildman–Crippen MR) is 64.5 cm³/mol. The van der Waals surface area contributed by atoms with E-state index >= 15 is 0 Å². The molecule has 0 spiro atoms. The topological polar surface area (TPSA) is 66.8 Å². The monoisotopic (exact) mass is 257 g/mol. The summed E-state index contributed by atoms with van der Waals surface area (Å²) in [7, 11) is 1.51. The van der Waals surface area contributed by atoms with Crippen LogP contribution in [-0.4, -0.2) is 48.7 Å². The molecule has 0 aromatic carbocycles. The summed E-state index contributed by atoms with van der Waals surface area (Å²) in [6, 6.07) is 1.84. The molecule has 17 heavy (non-hydrogen) atoms. The van der Waals surface area contributed by atoms with Gasteiger partial charge in [0, 0.05) is 13.7 Å². The fraction of sp³-hybridized carbons (Fsp3) is 0.455. The lowest BCUT2D eigenvalue weighted by atomic mass is 10.2. The van der Waals surface area contributed by atoms with Crippen molar-refractivity contribution in [3.05, 3.63) is 21.9 Å². The fourth-order valence-corrected chi connectivity index (χ4v) is 2.24. The third kappa shape index (κ3) is 3.83. The number of thiophene rings is 1. The molecule has 94 valence electrons. The number of carboxylic acids is 1. The molecule has 1 amide bonds. The van der Waals surface area contributed by atoms with Crippen molar-refractivity contribution in [3.8, 4) is 0 Å². The first kappa shape index (κ1) is 13.7. The molecule has 0 aliphatic carbocycles. The summed E-state index contributed by atoms with van der Waals surface area (Å²) in [5.41, 5.74) is 0.868. The van der Waals surface area contributed by atoms with Gasteiger partial charge in [0.15, 0.2) is 0 Å². The number of nitrogens with zero attached hydrogens (tertiary/aromatic N) is 1. The van der Waals surface area contributed by atoms with Gasteiger partial charge in [-0.3, -0.25) is 9.59 Å². The van der Waals surface area contributed by atoms with Crippen molar-refractivity contribution in [1.29, 1.82) is 0 Å². The highest BCUT2D eigenvalue weighted by atomic mass is 32.1. The maximum atomic E-state index is 12.1. The zero-order valence-electron chi connectivity index (χ0n) is 9.80. The number of methoxy groups -OCH3 is 1. The fourth-order valence-electron chi connectivity index (χ4n) is 1.35. The Morgan fingerprint density at radius 1 is 1.53 bits per heavy atom. The third-order valence-corrected chi connectivity index (χ3v) is 3.24. The van der Waals surface area contributed by atoms with Crippen LogP contribution in [0.15, 0.2) is 11.4 Å². The molecule has 0 unspecified atom stereocenters. The van der Waals surface area contributed by atoms with Crippen molar-refractivity contribution in [2.24, 2.45) is 0 Å². The second-order valence-corrected chi connectivity index (χ2v) is 4.46. The first-order valence-electron chi connectivity index (χ1n) is 5.10. The van der Waals surface area contributed by atoms with Crippen molar-refractivity contribution >= 4 is 23.2 Å². The molecule has 1 aromatic rings. The molecule has 1 N–H and O–H groups in total. The summed E-state index contributed by atoms with van der Waals surface area (Å²) in [5.74, 6) is -1.28. The second kappa shape index (κ2) is 6.36. The molecule has 0 saturated heterocycles. The normalized spacial score (nSPS) is 10.2. The minimum absolute atomic E-state index is 0.253. The molecule has 0 aliphatic rings. The Kier molecular flexibility index (Phi) is 5.11. The molecule has 0 aliphatic heterocycles. The van der Waals surface area contributed by atoms with Crippen LogP contribution in [0, 0.1) is 6.92 Å². The molecular formula is C11H15NO4S. The highest BCUT2D eigenvalue weighted by molar-refractivity contribution is 7.12. The van der Waals surface area contributed by atoms with E-state index in [-0.39, 0.29) is 19.0 Å². The van der Waals surface area contributed by atoms with Crippen LogP contribution in [0.25, 0.3) is 0 Å². The van der Waals surface area contributed by atoms with Crippen molar-refractivity contribution < 1.29 is 19.4 Å². The van der Waals surface area contributed by atoms with E-state index in [4.69, 9.17) is 9.84 Å². The first-order valence-corrected chi connectivity index (χ1v) is 5.98. The smallest absolute Gasteiger partial charge is 0.323 e. The molecule has 0 atom stereocenters. The van der Waals surface area contributed by atoms with Crippen molar-refractivity contribution in [1.82, 2.24) is 4.90 Å². The summed E-state index contributed by atoms with van der Waals surface area (Å²) in [5, 5.41) is 10.6. The molecule has 6 heteroatoms. The number of amides is 1. The number of carbonyl (C=O) groups excluding carboxylic acids is 1. The predicted octanol–water partition coefficient (Wildman–Crippen LogP) is 1.23. The molecular weight excluding hydrogens is 242 g/mol. The molecule has 5 nitrogen and oxygen atoms in total. The van der Waals surface area contributed by atoms with E-state index in [0.29, 0.717) is 11.5 Å². The van der Waals surface area contributed by atoms with E-state index in [0.717, 1.165) is 5.56 Å². The van der Waals surface area contributed by atoms with E-state index in [9.17, 15) is 9.59 Å². The Morgan fingerprint density at radius 2 is 2.24 bits per heavy atom. The zero-order chi connectivity index (χ0) is 12.8. The number of ether oxygens (including phenoxy) is 1. The first-order chi connectivity index (χ1) is 8.06. The van der Waals surface area contributed by atoms with E-state index in [2.05, 4.69) is 0 Å². The van der Waals surface area contributed by atoms with Gasteiger partial charge in [0.2, 0.25) is 0 Å². The van der Waals surface area contributed by atoms with Gasteiger partial charge in [-0.1, -0.05) is 0 Å². The lowest BCUT2D eigenvalue weighted by Gasteiger charge is -2.19. The van der Waals surface area contributed by atoms with E-state index in [1.54, 1.807) is 0 Å². The average Bonchev–Trinajstić information content (AvgIpc) is 2.69. The van der Waals surface area contributed by atoms with Gasteiger partial charge in [-0.15, -0.1) is 11.3 Å². The van der Waals surface area contributed by atoms with Crippen molar-refractivity contribution in [2.75, 3.05) is 26.8 Å². The lowest BCUT2D eigenvalue weighted by Crippen LogP contribution is -2.37. The van der Waals surface area contributed by atoms with Gasteiger partial charge in [-0.05, 0) is 23.9 Å². The Bertz CT molecular complexity index is 402. The number of carbonyl (C=O) groups is 2. The quantitative estimate of drug-likeness (QED) is 0.832. The Balaban J connectivity index is 2.78. The number of carboxylic acid groups (broad SMARTS) is 1. The van der Waals surface area contributed by atoms with Crippen LogP contribution in [0.4, 0.5) is 0 Å². The van der Waals surface area contributed by atoms with Gasteiger partial charge in [0.05, 0.1) is 11.5 Å². The molecule has 1 heterocycles. The van der Waals surface area contributed by atoms with Crippen LogP contribution >= 0.6 is 11.3 Å². The van der Waals surface area contributed by atoms with Crippen LogP contribution in [0.1, 0.15) is 15.2 Å². The highest BCUT2D eigenvalue weighted by Crippen LogP contribution is 2.17. The third-order valence-electron chi connectivity index (χ3n) is 2.23. The van der Waals surface area contributed by atoms with Gasteiger partial charge in [0.25, 0.3) is 5.91 Å². The van der Waals surface area contributed by atoms with Gasteiger partial charge in [-0.25, -0.2) is 0 Å². The van der Waals surface area contributed by atoms with Crippen LogP contribution < -0.4 is 0 Å². The van der Waals surface area contributed by atoms with Crippen LogP contribution in [0.3, 0.4) is 0 Å². The minimum atomic E-state index is -1.02. The van der Waals surface area contributed by atoms with E-state index in [1.165, 1.54) is 23.3 Å². The van der Waals surface area contributed by atoms with Gasteiger partial charge < -0.3 is 14.7 Å². The number of aryl methyl sites for hydroxylation is 1. The summed E-state index contributed by atoms with van der Waals surface area (Å²) in [6.45, 7) is 2.13. The van der Waals surface area contributed by atoms with Crippen LogP contribution in [0.5, 0.6) is 0 Å². The number of hydrogen-bond acceptors (Lipinski definition) is 4. The summed E-state index contributed by atoms with van der Waals surface area (Å²) < 4.78 is 4.87. The average molecular weight is 257 g/mol. The molecule has 0 fully saturated rings. The number of hydrogen-bond donors (Lipinski definition) is 1. The maximum absolute atomic E-state index is 12.1. The van der Waals surface area contributed by atoms with Gasteiger partial charge in [-0.2, -0.15) is 0 Å². The highest BCUT2D eigenvalue weighted by Gasteiger charge is 2.20. The van der Waals surface area contributed by atoms with E-state index < -0.39 is 5.97 Å². The maximum Gasteiger partial charge on any atom is 0.323 e. The molecule has 0 radical (unpaired) electrons. The van der Waals surface area contributed by atoms with Crippen molar-refractivity contribution in [2.45, 2.75) is 6.92 Å². The molecule has 0 bridgehead atoms. The zero-order valence-corrected chi connectivity index (χ0v) is 10.6. The van der Waals surface area contributed by atoms with E-state index in [1.807, 2.05) is 18.4 Å². The summed E-state index contributed by atoms with van der Waals surface area (Å²) >= 11 is 1.32. The van der Waals surface area contributed by atoms with Crippen LogP contribution in [-0.2, 0) is 9.53 Å². The molecule has 1 rings (SSSR count). The molecule has 0 saturated carbocycles. The SMILES string of the molecule is COCCN(CC(=O)O)C(=O)c1sccc1C. The Labute approximate surface area is 104 Å². The number of rotatable bonds is 6. The van der Waals surface area contributed by atoms with Crippen LogP contribution in [0.2, 0.25) is 0 Å². The van der Waals surface area contributed by atoms with Gasteiger partial charge >= 0.3 is 5.97 Å². The number of aliphatic carboxylic acids is 1. The standard InChI is InChI=1S/C11H15NO4S/c1-8-3-6-17-10(8)11(15)12(4-5-16-2)7-9(13)14/h3,6H,4-5,7H2,1-2H3,(H,13,14). The summed E-state index contributed by atoms with van der Waals surface area (Å²) in [6.07, 6.45) is 0. The largest absolute Gasteiger partial charge is 0.480 e. The second-order valence-electron chi connectivity index (χ2n) is 3.55. The van der Waals surface area contributed by atoms with Gasteiger partial charge in [0.1, 0.15) is 6.54 Å². The Morgan fingerprint density at radius 3 is 2.71 bits per heavy atom. The minimum Gasteiger partial charge on any atom is -0.480 e.